The van der Waals surface area contributed by atoms with Crippen LogP contribution in [0.15, 0.2) is 36.4 Å². The van der Waals surface area contributed by atoms with E-state index in [9.17, 15) is 22.4 Å². The maximum absolute atomic E-state index is 13.1. The van der Waals surface area contributed by atoms with E-state index in [1.807, 2.05) is 0 Å². The molecular weight excluding hydrogens is 336 g/mol. The van der Waals surface area contributed by atoms with Crippen LogP contribution in [0.2, 0.25) is 0 Å². The summed E-state index contributed by atoms with van der Waals surface area (Å²) in [6, 6.07) is 8.57. The predicted molar refractivity (Wildman–Crippen MR) is 84.1 cm³/mol. The lowest BCUT2D eigenvalue weighted by molar-refractivity contribution is -0.141. The second-order valence-electron chi connectivity index (χ2n) is 5.95. The minimum Gasteiger partial charge on any atom is -0.338 e. The summed E-state index contributed by atoms with van der Waals surface area (Å²) in [5, 5.41) is 0. The van der Waals surface area contributed by atoms with Crippen LogP contribution in [0.3, 0.4) is 0 Å². The first-order valence-electron chi connectivity index (χ1n) is 7.88. The first kappa shape index (κ1) is 17.4. The number of likely N-dealkylation sites (tertiary alicyclic amines) is 1. The fourth-order valence-corrected chi connectivity index (χ4v) is 2.86. The van der Waals surface area contributed by atoms with Crippen LogP contribution in [0, 0.1) is 0 Å². The van der Waals surface area contributed by atoms with Gasteiger partial charge >= 0.3 is 6.18 Å². The number of amides is 1. The number of carbonyl (C=O) groups is 1. The van der Waals surface area contributed by atoms with Crippen LogP contribution in [0.5, 0.6) is 0 Å². The van der Waals surface area contributed by atoms with Gasteiger partial charge in [-0.3, -0.25) is 4.79 Å². The van der Waals surface area contributed by atoms with E-state index in [1.54, 1.807) is 29.2 Å². The summed E-state index contributed by atoms with van der Waals surface area (Å²) in [5.74, 6) is 0.100. The fraction of sp³-hybridized carbons (Fsp3) is 0.333. The molecule has 0 unspecified atom stereocenters. The number of hydrogen-bond donors (Lipinski definition) is 0. The zero-order chi connectivity index (χ0) is 18.0. The number of nitrogens with zero attached hydrogens (tertiary/aromatic N) is 2. The summed E-state index contributed by atoms with van der Waals surface area (Å²) in [7, 11) is 0. The highest BCUT2D eigenvalue weighted by atomic mass is 19.4. The summed E-state index contributed by atoms with van der Waals surface area (Å²) in [4.78, 5) is 17.0. The molecule has 25 heavy (non-hydrogen) atoms. The highest BCUT2D eigenvalue weighted by Crippen LogP contribution is 2.31. The van der Waals surface area contributed by atoms with Crippen molar-refractivity contribution in [2.24, 2.45) is 0 Å². The van der Waals surface area contributed by atoms with Crippen LogP contribution < -0.4 is 0 Å². The van der Waals surface area contributed by atoms with Gasteiger partial charge in [-0.2, -0.15) is 13.2 Å². The Morgan fingerprint density at radius 2 is 1.80 bits per heavy atom. The highest BCUT2D eigenvalue weighted by molar-refractivity contribution is 5.78. The van der Waals surface area contributed by atoms with Gasteiger partial charge in [-0.05, 0) is 18.1 Å². The second kappa shape index (κ2) is 6.82. The maximum atomic E-state index is 13.1. The molecule has 1 aromatic carbocycles. The number of aromatic nitrogens is 1. The lowest BCUT2D eigenvalue weighted by atomic mass is 10.0. The van der Waals surface area contributed by atoms with Crippen LogP contribution in [-0.2, 0) is 24.2 Å². The lowest BCUT2D eigenvalue weighted by Gasteiger charge is -2.16. The second-order valence-corrected chi connectivity index (χ2v) is 5.95. The molecule has 2 heterocycles. The normalized spacial score (nSPS) is 15.0. The van der Waals surface area contributed by atoms with Crippen LogP contribution in [0.25, 0.3) is 11.3 Å². The van der Waals surface area contributed by atoms with E-state index in [-0.39, 0.29) is 17.2 Å². The molecule has 0 spiro atoms. The maximum Gasteiger partial charge on any atom is 0.433 e. The third kappa shape index (κ3) is 3.81. The first-order chi connectivity index (χ1) is 11.9. The van der Waals surface area contributed by atoms with E-state index in [1.165, 1.54) is 0 Å². The largest absolute Gasteiger partial charge is 0.433 e. The van der Waals surface area contributed by atoms with Crippen molar-refractivity contribution in [1.82, 2.24) is 9.88 Å². The molecule has 0 bridgehead atoms. The van der Waals surface area contributed by atoms with Crippen LogP contribution in [0.1, 0.15) is 29.7 Å². The van der Waals surface area contributed by atoms with Gasteiger partial charge in [0.25, 0.3) is 0 Å². The zero-order valence-electron chi connectivity index (χ0n) is 13.3. The van der Waals surface area contributed by atoms with Crippen LogP contribution in [-0.4, -0.2) is 22.3 Å². The van der Waals surface area contributed by atoms with Gasteiger partial charge in [0.15, 0.2) is 0 Å². The van der Waals surface area contributed by atoms with Gasteiger partial charge < -0.3 is 4.90 Å². The monoisotopic (exact) mass is 352 g/mol. The Kier molecular flexibility index (Phi) is 4.74. The van der Waals surface area contributed by atoms with E-state index in [2.05, 4.69) is 4.98 Å². The first-order valence-corrected chi connectivity index (χ1v) is 7.88. The topological polar surface area (TPSA) is 33.2 Å². The quantitative estimate of drug-likeness (QED) is 0.766. The van der Waals surface area contributed by atoms with Crippen molar-refractivity contribution in [2.45, 2.75) is 32.2 Å². The Labute approximate surface area is 142 Å². The molecule has 1 aromatic heterocycles. The lowest BCUT2D eigenvalue weighted by Crippen LogP contribution is -2.23. The summed E-state index contributed by atoms with van der Waals surface area (Å²) in [6.07, 6.45) is -3.20. The SMILES string of the molecule is O=C1CCCN1Cc1ccc(-c2nc(C(F)(F)F)ccc2CF)cc1. The molecule has 0 saturated carbocycles. The van der Waals surface area contributed by atoms with Gasteiger partial charge in [-0.15, -0.1) is 0 Å². The molecule has 1 saturated heterocycles. The highest BCUT2D eigenvalue weighted by Gasteiger charge is 2.33. The minimum absolute atomic E-state index is 0.0128. The summed E-state index contributed by atoms with van der Waals surface area (Å²) >= 11 is 0. The van der Waals surface area contributed by atoms with Gasteiger partial charge in [0.05, 0.1) is 5.69 Å². The van der Waals surface area contributed by atoms with Crippen molar-refractivity contribution >= 4 is 5.91 Å². The standard InChI is InChI=1S/C18H16F4N2O/c19-10-14-7-8-15(18(20,21)22)23-17(14)13-5-3-12(4-6-13)11-24-9-1-2-16(24)25/h3-8H,1-2,9-11H2. The molecule has 0 atom stereocenters. The zero-order valence-corrected chi connectivity index (χ0v) is 13.3. The number of alkyl halides is 4. The molecule has 1 aliphatic heterocycles. The number of pyridine rings is 1. The molecule has 0 aliphatic carbocycles. The average Bonchev–Trinajstić information content (AvgIpc) is 2.99. The number of halogens is 4. The van der Waals surface area contributed by atoms with Crippen LogP contribution >= 0.6 is 0 Å². The van der Waals surface area contributed by atoms with E-state index >= 15 is 0 Å². The van der Waals surface area contributed by atoms with Crippen LogP contribution in [0.4, 0.5) is 17.6 Å². The Hall–Kier alpha value is -2.44. The molecule has 3 rings (SSSR count). The Morgan fingerprint density at radius 3 is 2.36 bits per heavy atom. The van der Waals surface area contributed by atoms with Gasteiger partial charge in [0.2, 0.25) is 5.91 Å². The molecular formula is C18H16F4N2O. The summed E-state index contributed by atoms with van der Waals surface area (Å²) < 4.78 is 51.7. The molecule has 2 aromatic rings. The van der Waals surface area contributed by atoms with Gasteiger partial charge in [-0.25, -0.2) is 9.37 Å². The van der Waals surface area contributed by atoms with Crippen molar-refractivity contribution in [3.05, 3.63) is 53.2 Å². The fourth-order valence-electron chi connectivity index (χ4n) is 2.86. The molecule has 1 amide bonds. The molecule has 0 N–H and O–H groups in total. The number of benzene rings is 1. The average molecular weight is 352 g/mol. The van der Waals surface area contributed by atoms with E-state index < -0.39 is 18.5 Å². The molecule has 7 heteroatoms. The molecule has 1 aliphatic rings. The predicted octanol–water partition coefficient (Wildman–Crippen LogP) is 4.36. The van der Waals surface area contributed by atoms with E-state index in [0.29, 0.717) is 25.1 Å². The summed E-state index contributed by atoms with van der Waals surface area (Å²) in [6.45, 7) is 0.275. The van der Waals surface area contributed by atoms with Crippen molar-refractivity contribution in [3.63, 3.8) is 0 Å². The molecule has 1 fully saturated rings. The minimum atomic E-state index is -4.58. The molecule has 0 radical (unpaired) electrons. The Bertz CT molecular complexity index is 772. The third-order valence-corrected chi connectivity index (χ3v) is 4.19. The Morgan fingerprint density at radius 1 is 1.08 bits per heavy atom. The van der Waals surface area contributed by atoms with Crippen molar-refractivity contribution < 1.29 is 22.4 Å². The summed E-state index contributed by atoms with van der Waals surface area (Å²) in [5.41, 5.74) is 0.325. The van der Waals surface area contributed by atoms with Crippen molar-refractivity contribution in [1.29, 1.82) is 0 Å². The van der Waals surface area contributed by atoms with E-state index in [0.717, 1.165) is 24.1 Å². The molecule has 3 nitrogen and oxygen atoms in total. The number of carbonyl (C=O) groups excluding carboxylic acids is 1. The van der Waals surface area contributed by atoms with E-state index in [4.69, 9.17) is 0 Å². The Balaban J connectivity index is 1.87. The number of rotatable bonds is 4. The van der Waals surface area contributed by atoms with Crippen molar-refractivity contribution in [2.75, 3.05) is 6.54 Å². The van der Waals surface area contributed by atoms with Gasteiger partial charge in [0.1, 0.15) is 12.4 Å². The molecule has 132 valence electrons. The number of hydrogen-bond acceptors (Lipinski definition) is 2. The third-order valence-electron chi connectivity index (χ3n) is 4.19. The van der Waals surface area contributed by atoms with Gasteiger partial charge in [-0.1, -0.05) is 30.3 Å². The van der Waals surface area contributed by atoms with Crippen molar-refractivity contribution in [3.8, 4) is 11.3 Å². The smallest absolute Gasteiger partial charge is 0.338 e. The van der Waals surface area contributed by atoms with Gasteiger partial charge in [0, 0.05) is 30.6 Å².